The molecule has 9 heteroatoms. The van der Waals surface area contributed by atoms with Crippen molar-refractivity contribution in [2.45, 2.75) is 30.5 Å². The third-order valence-corrected chi connectivity index (χ3v) is 7.44. The van der Waals surface area contributed by atoms with Crippen LogP contribution in [0.3, 0.4) is 0 Å². The van der Waals surface area contributed by atoms with Crippen molar-refractivity contribution in [2.75, 3.05) is 0 Å². The zero-order valence-electron chi connectivity index (χ0n) is 17.8. The van der Waals surface area contributed by atoms with Crippen LogP contribution >= 0.6 is 11.3 Å². The van der Waals surface area contributed by atoms with Crippen LogP contribution in [0.2, 0.25) is 0 Å². The summed E-state index contributed by atoms with van der Waals surface area (Å²) in [6.45, 7) is 4.42. The largest absolute Gasteiger partial charge is 0.467 e. The molecule has 1 aromatic carbocycles. The number of amides is 1. The molecule has 0 fully saturated rings. The molecule has 1 amide bonds. The summed E-state index contributed by atoms with van der Waals surface area (Å²) < 4.78 is 33.4. The minimum absolute atomic E-state index is 0.0391. The summed E-state index contributed by atoms with van der Waals surface area (Å²) in [5, 5.41) is 1.80. The maximum Gasteiger partial charge on any atom is 0.264 e. The van der Waals surface area contributed by atoms with E-state index in [0.29, 0.717) is 21.9 Å². The molecule has 3 aromatic heterocycles. The third-order valence-electron chi connectivity index (χ3n) is 4.99. The molecule has 0 aliphatic rings. The van der Waals surface area contributed by atoms with Gasteiger partial charge >= 0.3 is 0 Å². The number of benzene rings is 1. The van der Waals surface area contributed by atoms with E-state index in [9.17, 15) is 13.2 Å². The van der Waals surface area contributed by atoms with E-state index >= 15 is 0 Å². The van der Waals surface area contributed by atoms with Crippen LogP contribution in [0.4, 0.5) is 0 Å². The topological polar surface area (TPSA) is 85.4 Å². The first-order valence-corrected chi connectivity index (χ1v) is 12.8. The predicted molar refractivity (Wildman–Crippen MR) is 126 cm³/mol. The molecule has 7 nitrogen and oxygen atoms in total. The molecule has 0 atom stereocenters. The first kappa shape index (κ1) is 22.8. The molecule has 4 aromatic rings. The number of thiophene rings is 1. The van der Waals surface area contributed by atoms with Crippen molar-refractivity contribution in [1.82, 2.24) is 14.5 Å². The Bertz CT molecular complexity index is 1310. The fourth-order valence-corrected chi connectivity index (χ4v) is 5.68. The maximum atomic E-state index is 13.2. The summed E-state index contributed by atoms with van der Waals surface area (Å²) in [6.07, 6.45) is 4.68. The number of sulfone groups is 1. The van der Waals surface area contributed by atoms with Gasteiger partial charge in [0.15, 0.2) is 0 Å². The van der Waals surface area contributed by atoms with E-state index in [1.807, 2.05) is 17.5 Å². The zero-order chi connectivity index (χ0) is 23.3. The highest BCUT2D eigenvalue weighted by Gasteiger charge is 2.26. The molecule has 0 aliphatic carbocycles. The monoisotopic (exact) mass is 481 g/mol. The minimum atomic E-state index is -3.71. The summed E-state index contributed by atoms with van der Waals surface area (Å²) in [4.78, 5) is 19.6. The fraction of sp³-hybridized carbons (Fsp3) is 0.167. The molecule has 3 heterocycles. The van der Waals surface area contributed by atoms with Gasteiger partial charge in [-0.25, -0.2) is 13.4 Å². The van der Waals surface area contributed by atoms with Gasteiger partial charge < -0.3 is 13.9 Å². The van der Waals surface area contributed by atoms with Gasteiger partial charge in [-0.15, -0.1) is 17.9 Å². The van der Waals surface area contributed by atoms with E-state index in [2.05, 4.69) is 11.6 Å². The van der Waals surface area contributed by atoms with Crippen LogP contribution in [0, 0.1) is 0 Å². The highest BCUT2D eigenvalue weighted by Crippen LogP contribution is 2.22. The number of aromatic nitrogens is 2. The van der Waals surface area contributed by atoms with Gasteiger partial charge in [0.05, 0.1) is 41.9 Å². The lowest BCUT2D eigenvalue weighted by atomic mass is 10.2. The number of rotatable bonds is 10. The van der Waals surface area contributed by atoms with E-state index < -0.39 is 9.84 Å². The molecule has 0 aliphatic heterocycles. The van der Waals surface area contributed by atoms with Gasteiger partial charge in [-0.05, 0) is 29.1 Å². The standard InChI is InChI=1S/C24H23N3O4S2/c1-2-12-27-20(15-25-24(27)33(29,30)18-19-8-4-3-5-9-19)16-26(17-21-10-6-13-31-21)23(28)22-11-7-14-32-22/h2-11,13-15H,1,12,16-18H2. The second-order valence-electron chi connectivity index (χ2n) is 7.39. The Morgan fingerprint density at radius 2 is 1.94 bits per heavy atom. The number of carbonyl (C=O) groups excluding carboxylic acids is 1. The highest BCUT2D eigenvalue weighted by atomic mass is 32.2. The van der Waals surface area contributed by atoms with Crippen molar-refractivity contribution in [3.63, 3.8) is 0 Å². The second-order valence-corrected chi connectivity index (χ2v) is 10.2. The maximum absolute atomic E-state index is 13.2. The Kier molecular flexibility index (Phi) is 6.90. The Morgan fingerprint density at radius 1 is 1.12 bits per heavy atom. The molecule has 0 saturated heterocycles. The fourth-order valence-electron chi connectivity index (χ4n) is 3.49. The van der Waals surface area contributed by atoms with Crippen molar-refractivity contribution in [3.8, 4) is 0 Å². The quantitative estimate of drug-likeness (QED) is 0.311. The molecule has 0 radical (unpaired) electrons. The van der Waals surface area contributed by atoms with Gasteiger partial charge in [-0.1, -0.05) is 42.5 Å². The highest BCUT2D eigenvalue weighted by molar-refractivity contribution is 7.90. The Morgan fingerprint density at radius 3 is 2.61 bits per heavy atom. The molecular weight excluding hydrogens is 458 g/mol. The van der Waals surface area contributed by atoms with Crippen LogP contribution in [-0.2, 0) is 35.2 Å². The summed E-state index contributed by atoms with van der Waals surface area (Å²) in [5.74, 6) is 0.305. The third kappa shape index (κ3) is 5.32. The first-order chi connectivity index (χ1) is 16.0. The van der Waals surface area contributed by atoms with Crippen molar-refractivity contribution in [3.05, 3.63) is 107 Å². The molecule has 0 saturated carbocycles. The normalized spacial score (nSPS) is 11.4. The molecule has 0 spiro atoms. The van der Waals surface area contributed by atoms with Gasteiger partial charge in [0.25, 0.3) is 5.91 Å². The average Bonchev–Trinajstić information content (AvgIpc) is 3.57. The minimum Gasteiger partial charge on any atom is -0.467 e. The Hall–Kier alpha value is -3.43. The zero-order valence-corrected chi connectivity index (χ0v) is 19.5. The predicted octanol–water partition coefficient (Wildman–Crippen LogP) is 4.54. The Balaban J connectivity index is 1.66. The van der Waals surface area contributed by atoms with Crippen molar-refractivity contribution >= 4 is 27.1 Å². The molecule has 0 bridgehead atoms. The molecular formula is C24H23N3O4S2. The number of nitrogens with zero attached hydrogens (tertiary/aromatic N) is 3. The molecule has 0 unspecified atom stereocenters. The smallest absolute Gasteiger partial charge is 0.264 e. The summed E-state index contributed by atoms with van der Waals surface area (Å²) >= 11 is 1.35. The number of allylic oxidation sites excluding steroid dienone is 1. The van der Waals surface area contributed by atoms with Crippen LogP contribution in [0.15, 0.2) is 94.7 Å². The van der Waals surface area contributed by atoms with Crippen LogP contribution in [0.5, 0.6) is 0 Å². The van der Waals surface area contributed by atoms with Crippen LogP contribution in [-0.4, -0.2) is 28.8 Å². The van der Waals surface area contributed by atoms with E-state index in [-0.39, 0.29) is 36.5 Å². The summed E-state index contributed by atoms with van der Waals surface area (Å²) in [5.41, 5.74) is 1.28. The van der Waals surface area contributed by atoms with Gasteiger partial charge in [0.1, 0.15) is 5.76 Å². The van der Waals surface area contributed by atoms with Gasteiger partial charge in [0.2, 0.25) is 15.0 Å². The molecule has 0 N–H and O–H groups in total. The van der Waals surface area contributed by atoms with Crippen LogP contribution in [0.1, 0.15) is 26.7 Å². The number of hydrogen-bond donors (Lipinski definition) is 0. The Labute approximate surface area is 196 Å². The van der Waals surface area contributed by atoms with Crippen molar-refractivity contribution < 1.29 is 17.6 Å². The van der Waals surface area contributed by atoms with Crippen LogP contribution in [0.25, 0.3) is 0 Å². The lowest BCUT2D eigenvalue weighted by Gasteiger charge is -2.22. The van der Waals surface area contributed by atoms with E-state index in [4.69, 9.17) is 4.42 Å². The van der Waals surface area contributed by atoms with E-state index in [1.165, 1.54) is 17.5 Å². The molecule has 33 heavy (non-hydrogen) atoms. The van der Waals surface area contributed by atoms with Gasteiger partial charge in [-0.2, -0.15) is 0 Å². The SMILES string of the molecule is C=CCn1c(CN(Cc2ccco2)C(=O)c2cccs2)cnc1S(=O)(=O)Cc1ccccc1. The molecule has 170 valence electrons. The first-order valence-electron chi connectivity index (χ1n) is 10.2. The number of carbonyl (C=O) groups is 1. The van der Waals surface area contributed by atoms with E-state index in [0.717, 1.165) is 0 Å². The van der Waals surface area contributed by atoms with Crippen LogP contribution < -0.4 is 0 Å². The lowest BCUT2D eigenvalue weighted by Crippen LogP contribution is -2.30. The van der Waals surface area contributed by atoms with Gasteiger partial charge in [-0.3, -0.25) is 4.79 Å². The number of furan rings is 1. The van der Waals surface area contributed by atoms with Crippen molar-refractivity contribution in [2.24, 2.45) is 0 Å². The van der Waals surface area contributed by atoms with Crippen molar-refractivity contribution in [1.29, 1.82) is 0 Å². The number of imidazole rings is 1. The van der Waals surface area contributed by atoms with Gasteiger partial charge in [0, 0.05) is 6.54 Å². The summed E-state index contributed by atoms with van der Waals surface area (Å²) in [7, 11) is -3.71. The second kappa shape index (κ2) is 10.0. The van der Waals surface area contributed by atoms with E-state index in [1.54, 1.807) is 64.3 Å². The molecule has 4 rings (SSSR count). The lowest BCUT2D eigenvalue weighted by molar-refractivity contribution is 0.0718. The summed E-state index contributed by atoms with van der Waals surface area (Å²) in [6, 6.07) is 16.1. The average molecular weight is 482 g/mol. The number of hydrogen-bond acceptors (Lipinski definition) is 6.